The van der Waals surface area contributed by atoms with Gasteiger partial charge in [0, 0.05) is 17.9 Å². The van der Waals surface area contributed by atoms with E-state index in [1.54, 1.807) is 6.92 Å². The molecular formula is C15H16ClN3O5S. The lowest BCUT2D eigenvalue weighted by molar-refractivity contribution is -0.384. The van der Waals surface area contributed by atoms with Gasteiger partial charge in [0.25, 0.3) is 5.69 Å². The van der Waals surface area contributed by atoms with Crippen LogP contribution in [0.4, 0.5) is 5.69 Å². The second-order valence-corrected chi connectivity index (χ2v) is 6.67. The number of nitro benzene ring substituents is 1. The van der Waals surface area contributed by atoms with Crippen LogP contribution >= 0.6 is 24.2 Å². The number of nitrogens with zero attached hydrogens (tertiary/aromatic N) is 2. The van der Waals surface area contributed by atoms with Crippen molar-refractivity contribution in [3.63, 3.8) is 0 Å². The van der Waals surface area contributed by atoms with E-state index in [2.05, 4.69) is 0 Å². The number of esters is 1. The van der Waals surface area contributed by atoms with Gasteiger partial charge in [-0.05, 0) is 30.2 Å². The van der Waals surface area contributed by atoms with E-state index < -0.39 is 16.9 Å². The first kappa shape index (κ1) is 19.2. The van der Waals surface area contributed by atoms with E-state index in [0.717, 1.165) is 5.57 Å². The highest BCUT2D eigenvalue weighted by molar-refractivity contribution is 8.00. The smallest absolute Gasteiger partial charge is 0.355 e. The average Bonchev–Trinajstić information content (AvgIpc) is 2.59. The summed E-state index contributed by atoms with van der Waals surface area (Å²) in [6, 6.07) is 5.16. The van der Waals surface area contributed by atoms with E-state index >= 15 is 0 Å². The Kier molecular flexibility index (Phi) is 5.71. The van der Waals surface area contributed by atoms with Crippen molar-refractivity contribution in [2.45, 2.75) is 24.9 Å². The Hall–Kier alpha value is -2.10. The Balaban J connectivity index is 0.00000225. The molecule has 25 heavy (non-hydrogen) atoms. The number of carbonyl (C=O) groups excluding carboxylic acids is 2. The molecule has 3 rings (SSSR count). The summed E-state index contributed by atoms with van der Waals surface area (Å²) in [5, 5.41) is 10.4. The molecule has 0 saturated carbocycles. The van der Waals surface area contributed by atoms with Crippen LogP contribution in [-0.4, -0.2) is 38.9 Å². The summed E-state index contributed by atoms with van der Waals surface area (Å²) < 4.78 is 5.26. The maximum atomic E-state index is 12.4. The number of hydrogen-bond donors (Lipinski definition) is 1. The van der Waals surface area contributed by atoms with Gasteiger partial charge >= 0.3 is 5.97 Å². The first-order valence-electron chi connectivity index (χ1n) is 7.20. The standard InChI is InChI=1S/C15H15N3O5S.ClH/c1-8-7-24-14-11(16)13(19)17(14)12(8)15(20)23-6-9-2-4-10(5-3-9)18(21)22;/h2-5,11,14H,6-7,16H2,1H3;1H/t11?,14-;/m0./s1. The Morgan fingerprint density at radius 1 is 1.44 bits per heavy atom. The number of fused-ring (bicyclic) bond motifs is 1. The van der Waals surface area contributed by atoms with Gasteiger partial charge < -0.3 is 10.5 Å². The highest BCUT2D eigenvalue weighted by atomic mass is 35.5. The maximum absolute atomic E-state index is 12.4. The molecule has 0 aromatic heterocycles. The molecule has 2 aliphatic rings. The van der Waals surface area contributed by atoms with E-state index in [1.807, 2.05) is 0 Å². The van der Waals surface area contributed by atoms with Crippen LogP contribution in [0.2, 0.25) is 0 Å². The van der Waals surface area contributed by atoms with Crippen LogP contribution in [0, 0.1) is 10.1 Å². The van der Waals surface area contributed by atoms with E-state index in [-0.39, 0.29) is 41.7 Å². The Morgan fingerprint density at radius 2 is 2.08 bits per heavy atom. The molecule has 1 aromatic carbocycles. The molecule has 1 fully saturated rings. The first-order valence-corrected chi connectivity index (χ1v) is 8.25. The number of ether oxygens (including phenoxy) is 1. The van der Waals surface area contributed by atoms with Crippen LogP contribution < -0.4 is 5.73 Å². The number of thioether (sulfide) groups is 1. The van der Waals surface area contributed by atoms with Crippen molar-refractivity contribution < 1.29 is 19.2 Å². The van der Waals surface area contributed by atoms with Crippen molar-refractivity contribution in [1.29, 1.82) is 0 Å². The lowest BCUT2D eigenvalue weighted by Gasteiger charge is -2.48. The summed E-state index contributed by atoms with van der Waals surface area (Å²) in [4.78, 5) is 35.8. The van der Waals surface area contributed by atoms with Gasteiger partial charge in [-0.2, -0.15) is 0 Å². The van der Waals surface area contributed by atoms with Gasteiger partial charge in [-0.1, -0.05) is 0 Å². The molecule has 1 saturated heterocycles. The zero-order valence-corrected chi connectivity index (χ0v) is 14.8. The molecule has 2 heterocycles. The number of amides is 1. The third-order valence-electron chi connectivity index (χ3n) is 3.91. The molecule has 1 aromatic rings. The predicted molar refractivity (Wildman–Crippen MR) is 93.9 cm³/mol. The van der Waals surface area contributed by atoms with Gasteiger partial charge in [0.2, 0.25) is 5.91 Å². The third-order valence-corrected chi connectivity index (χ3v) is 5.36. The number of hydrogen-bond acceptors (Lipinski definition) is 7. The van der Waals surface area contributed by atoms with Gasteiger partial charge in [-0.15, -0.1) is 24.2 Å². The van der Waals surface area contributed by atoms with Crippen LogP contribution in [0.1, 0.15) is 12.5 Å². The molecule has 2 atom stereocenters. The number of halogens is 1. The molecule has 1 amide bonds. The van der Waals surface area contributed by atoms with Gasteiger partial charge in [-0.25, -0.2) is 4.79 Å². The van der Waals surface area contributed by atoms with Crippen LogP contribution in [0.15, 0.2) is 35.5 Å². The van der Waals surface area contributed by atoms with E-state index in [4.69, 9.17) is 10.5 Å². The lowest BCUT2D eigenvalue weighted by Crippen LogP contribution is -2.68. The SMILES string of the molecule is CC1=C(C(=O)OCc2ccc([N+](=O)[O-])cc2)N2C(=O)C(N)[C@@H]2SC1.Cl. The summed E-state index contributed by atoms with van der Waals surface area (Å²) in [6.07, 6.45) is 0. The summed E-state index contributed by atoms with van der Waals surface area (Å²) in [7, 11) is 0. The van der Waals surface area contributed by atoms with Crippen molar-refractivity contribution in [2.75, 3.05) is 5.75 Å². The molecule has 134 valence electrons. The Labute approximate surface area is 153 Å². The topological polar surface area (TPSA) is 116 Å². The van der Waals surface area contributed by atoms with Crippen LogP contribution in [0.3, 0.4) is 0 Å². The molecule has 0 spiro atoms. The fourth-order valence-electron chi connectivity index (χ4n) is 2.59. The summed E-state index contributed by atoms with van der Waals surface area (Å²) in [5.74, 6) is -0.255. The molecule has 8 nitrogen and oxygen atoms in total. The quantitative estimate of drug-likeness (QED) is 0.362. The van der Waals surface area contributed by atoms with Crippen molar-refractivity contribution in [3.05, 3.63) is 51.2 Å². The molecule has 10 heteroatoms. The molecular weight excluding hydrogens is 370 g/mol. The zero-order valence-electron chi connectivity index (χ0n) is 13.2. The minimum atomic E-state index is -0.587. The van der Waals surface area contributed by atoms with Crippen molar-refractivity contribution in [3.8, 4) is 0 Å². The number of nitrogens with two attached hydrogens (primary N) is 1. The largest absolute Gasteiger partial charge is 0.456 e. The number of nitro groups is 1. The number of benzene rings is 1. The number of non-ortho nitro benzene ring substituents is 1. The van der Waals surface area contributed by atoms with Crippen molar-refractivity contribution in [1.82, 2.24) is 4.90 Å². The molecule has 0 bridgehead atoms. The lowest BCUT2D eigenvalue weighted by atomic mass is 10.0. The molecule has 0 radical (unpaired) electrons. The van der Waals surface area contributed by atoms with E-state index in [1.165, 1.54) is 40.9 Å². The van der Waals surface area contributed by atoms with Crippen LogP contribution in [-0.2, 0) is 20.9 Å². The molecule has 2 aliphatic heterocycles. The second-order valence-electron chi connectivity index (χ2n) is 5.56. The van der Waals surface area contributed by atoms with Gasteiger partial charge in [0.05, 0.1) is 4.92 Å². The van der Waals surface area contributed by atoms with Crippen LogP contribution in [0.5, 0.6) is 0 Å². The molecule has 1 unspecified atom stereocenters. The highest BCUT2D eigenvalue weighted by Gasteiger charge is 2.51. The van der Waals surface area contributed by atoms with Gasteiger partial charge in [-0.3, -0.25) is 19.8 Å². The number of carbonyl (C=O) groups is 2. The van der Waals surface area contributed by atoms with Crippen LogP contribution in [0.25, 0.3) is 0 Å². The monoisotopic (exact) mass is 385 g/mol. The minimum absolute atomic E-state index is 0. The minimum Gasteiger partial charge on any atom is -0.456 e. The fourth-order valence-corrected chi connectivity index (χ4v) is 3.83. The summed E-state index contributed by atoms with van der Waals surface area (Å²) >= 11 is 1.52. The summed E-state index contributed by atoms with van der Waals surface area (Å²) in [6.45, 7) is 1.75. The number of β-lactam (4-membered cyclic amide) rings is 1. The van der Waals surface area contributed by atoms with Gasteiger partial charge in [0.1, 0.15) is 23.7 Å². The fraction of sp³-hybridized carbons (Fsp3) is 0.333. The number of rotatable bonds is 4. The van der Waals surface area contributed by atoms with E-state index in [0.29, 0.717) is 11.3 Å². The Bertz CT molecular complexity index is 752. The van der Waals surface area contributed by atoms with Crippen molar-refractivity contribution >= 4 is 41.7 Å². The third kappa shape index (κ3) is 3.48. The van der Waals surface area contributed by atoms with Gasteiger partial charge in [0.15, 0.2) is 0 Å². The van der Waals surface area contributed by atoms with E-state index in [9.17, 15) is 19.7 Å². The second kappa shape index (κ2) is 7.42. The van der Waals surface area contributed by atoms with Crippen molar-refractivity contribution in [2.24, 2.45) is 5.73 Å². The Morgan fingerprint density at radius 3 is 2.68 bits per heavy atom. The average molecular weight is 386 g/mol. The maximum Gasteiger partial charge on any atom is 0.355 e. The zero-order chi connectivity index (χ0) is 17.4. The summed E-state index contributed by atoms with van der Waals surface area (Å²) in [5.41, 5.74) is 7.37. The predicted octanol–water partition coefficient (Wildman–Crippen LogP) is 1.58. The molecule has 0 aliphatic carbocycles. The normalized spacial score (nSPS) is 21.8. The molecule has 2 N–H and O–H groups in total. The first-order chi connectivity index (χ1) is 11.4. The highest BCUT2D eigenvalue weighted by Crippen LogP contribution is 2.39.